The summed E-state index contributed by atoms with van der Waals surface area (Å²) < 4.78 is 11.4. The Morgan fingerprint density at radius 2 is 1.69 bits per heavy atom. The molecule has 0 bridgehead atoms. The van der Waals surface area contributed by atoms with Gasteiger partial charge in [0.1, 0.15) is 5.75 Å². The average molecular weight is 444 g/mol. The molecule has 0 spiro atoms. The molecule has 1 aromatic rings. The molecule has 1 aromatic carbocycles. The third-order valence-electron chi connectivity index (χ3n) is 7.04. The van der Waals surface area contributed by atoms with Crippen LogP contribution >= 0.6 is 0 Å². The van der Waals surface area contributed by atoms with Crippen LogP contribution in [0.4, 0.5) is 4.79 Å². The van der Waals surface area contributed by atoms with Gasteiger partial charge in [0, 0.05) is 44.7 Å². The molecule has 0 aromatic heterocycles. The summed E-state index contributed by atoms with van der Waals surface area (Å²) in [5, 5.41) is 0. The average Bonchev–Trinajstić information content (AvgIpc) is 3.38. The Morgan fingerprint density at radius 3 is 2.44 bits per heavy atom. The number of carbonyl (C=O) groups excluding carboxylic acids is 2. The van der Waals surface area contributed by atoms with E-state index in [0.717, 1.165) is 71.4 Å². The zero-order chi connectivity index (χ0) is 22.3. The molecule has 0 N–H and O–H groups in total. The number of benzene rings is 1. The van der Waals surface area contributed by atoms with Crippen molar-refractivity contribution in [2.45, 2.75) is 51.5 Å². The Kier molecular flexibility index (Phi) is 7.90. The van der Waals surface area contributed by atoms with Crippen molar-refractivity contribution >= 4 is 12.0 Å². The predicted molar refractivity (Wildman–Crippen MR) is 123 cm³/mol. The molecule has 32 heavy (non-hydrogen) atoms. The van der Waals surface area contributed by atoms with Crippen molar-refractivity contribution < 1.29 is 19.1 Å². The number of likely N-dealkylation sites (tertiary alicyclic amines) is 3. The Labute approximate surface area is 191 Å². The summed E-state index contributed by atoms with van der Waals surface area (Å²) in [5.41, 5.74) is 0.688. The first kappa shape index (κ1) is 22.9. The summed E-state index contributed by atoms with van der Waals surface area (Å²) in [7, 11) is 0. The number of carbonyl (C=O) groups is 2. The number of para-hydroxylation sites is 1. The number of rotatable bonds is 6. The van der Waals surface area contributed by atoms with Gasteiger partial charge in [0.05, 0.1) is 18.8 Å². The Bertz CT molecular complexity index is 772. The summed E-state index contributed by atoms with van der Waals surface area (Å²) >= 11 is 0. The van der Waals surface area contributed by atoms with E-state index in [0.29, 0.717) is 36.5 Å². The summed E-state index contributed by atoms with van der Waals surface area (Å²) in [6.45, 7) is 8.29. The van der Waals surface area contributed by atoms with Gasteiger partial charge in [-0.3, -0.25) is 9.69 Å². The number of hydrogen-bond acceptors (Lipinski definition) is 5. The van der Waals surface area contributed by atoms with Crippen LogP contribution in [0.1, 0.15) is 55.8 Å². The summed E-state index contributed by atoms with van der Waals surface area (Å²) in [4.78, 5) is 31.2. The van der Waals surface area contributed by atoms with Crippen molar-refractivity contribution in [1.82, 2.24) is 14.7 Å². The first-order chi connectivity index (χ1) is 15.7. The fourth-order valence-electron chi connectivity index (χ4n) is 5.26. The Hall–Kier alpha value is -2.28. The second-order valence-corrected chi connectivity index (χ2v) is 9.23. The van der Waals surface area contributed by atoms with Gasteiger partial charge < -0.3 is 19.3 Å². The summed E-state index contributed by atoms with van der Waals surface area (Å²) in [6, 6.07) is 8.20. The fourth-order valence-corrected chi connectivity index (χ4v) is 5.26. The van der Waals surface area contributed by atoms with Crippen LogP contribution in [0.2, 0.25) is 0 Å². The van der Waals surface area contributed by atoms with E-state index in [1.54, 1.807) is 0 Å². The lowest BCUT2D eigenvalue weighted by Crippen LogP contribution is -2.50. The van der Waals surface area contributed by atoms with Crippen molar-refractivity contribution in [3.63, 3.8) is 0 Å². The molecule has 7 nitrogen and oxygen atoms in total. The highest BCUT2D eigenvalue weighted by molar-refractivity contribution is 5.97. The standard InChI is InChI=1S/C25H37N3O4/c1-2-31-25(30)27-16-11-21(12-17-27)28-15-7-8-20(18-28)19-32-23-10-4-3-9-22(23)24(29)26-13-5-6-14-26/h3-4,9-10,20-21H,2,5-8,11-19H2,1H3. The van der Waals surface area contributed by atoms with E-state index in [1.165, 1.54) is 6.42 Å². The van der Waals surface area contributed by atoms with Gasteiger partial charge in [0.25, 0.3) is 5.91 Å². The van der Waals surface area contributed by atoms with Gasteiger partial charge in [-0.15, -0.1) is 0 Å². The van der Waals surface area contributed by atoms with E-state index in [-0.39, 0.29) is 12.0 Å². The lowest BCUT2D eigenvalue weighted by molar-refractivity contribution is 0.0494. The number of piperidine rings is 2. The van der Waals surface area contributed by atoms with Crippen molar-refractivity contribution in [1.29, 1.82) is 0 Å². The highest BCUT2D eigenvalue weighted by atomic mass is 16.6. The van der Waals surface area contributed by atoms with Crippen LogP contribution < -0.4 is 4.74 Å². The maximum atomic E-state index is 12.9. The first-order valence-corrected chi connectivity index (χ1v) is 12.3. The predicted octanol–water partition coefficient (Wildman–Crippen LogP) is 3.63. The summed E-state index contributed by atoms with van der Waals surface area (Å²) in [5.74, 6) is 1.27. The molecule has 3 aliphatic heterocycles. The second kappa shape index (κ2) is 11.0. The van der Waals surface area contributed by atoms with Crippen LogP contribution in [-0.4, -0.2) is 85.2 Å². The van der Waals surface area contributed by atoms with E-state index >= 15 is 0 Å². The molecule has 0 radical (unpaired) electrons. The van der Waals surface area contributed by atoms with Crippen molar-refractivity contribution in [3.8, 4) is 5.75 Å². The Morgan fingerprint density at radius 1 is 0.938 bits per heavy atom. The van der Waals surface area contributed by atoms with Gasteiger partial charge in [-0.2, -0.15) is 0 Å². The number of amides is 2. The highest BCUT2D eigenvalue weighted by Crippen LogP contribution is 2.27. The molecular formula is C25H37N3O4. The van der Waals surface area contributed by atoms with Gasteiger partial charge >= 0.3 is 6.09 Å². The molecule has 176 valence electrons. The first-order valence-electron chi connectivity index (χ1n) is 12.3. The van der Waals surface area contributed by atoms with Crippen LogP contribution in [0.3, 0.4) is 0 Å². The molecule has 7 heteroatoms. The molecular weight excluding hydrogens is 406 g/mol. The molecule has 3 heterocycles. The van der Waals surface area contributed by atoms with E-state index in [2.05, 4.69) is 4.90 Å². The minimum atomic E-state index is -0.182. The number of hydrogen-bond donors (Lipinski definition) is 0. The lowest BCUT2D eigenvalue weighted by Gasteiger charge is -2.42. The topological polar surface area (TPSA) is 62.3 Å². The molecule has 0 aliphatic carbocycles. The molecule has 3 aliphatic rings. The van der Waals surface area contributed by atoms with Gasteiger partial charge in [-0.25, -0.2) is 4.79 Å². The zero-order valence-electron chi connectivity index (χ0n) is 19.3. The van der Waals surface area contributed by atoms with Crippen molar-refractivity contribution in [2.24, 2.45) is 5.92 Å². The van der Waals surface area contributed by atoms with Crippen molar-refractivity contribution in [2.75, 3.05) is 52.5 Å². The van der Waals surface area contributed by atoms with Crippen LogP contribution in [0, 0.1) is 5.92 Å². The summed E-state index contributed by atoms with van der Waals surface area (Å²) in [6.07, 6.45) is 6.31. The second-order valence-electron chi connectivity index (χ2n) is 9.23. The quantitative estimate of drug-likeness (QED) is 0.672. The highest BCUT2D eigenvalue weighted by Gasteiger charge is 2.31. The van der Waals surface area contributed by atoms with Gasteiger partial charge in [0.15, 0.2) is 0 Å². The normalized spacial score (nSPS) is 22.7. The number of ether oxygens (including phenoxy) is 2. The van der Waals surface area contributed by atoms with Crippen LogP contribution in [0.5, 0.6) is 5.75 Å². The molecule has 3 fully saturated rings. The largest absolute Gasteiger partial charge is 0.492 e. The minimum Gasteiger partial charge on any atom is -0.492 e. The maximum Gasteiger partial charge on any atom is 0.409 e. The molecule has 0 saturated carbocycles. The third-order valence-corrected chi connectivity index (χ3v) is 7.04. The minimum absolute atomic E-state index is 0.0942. The fraction of sp³-hybridized carbons (Fsp3) is 0.680. The molecule has 1 atom stereocenters. The van der Waals surface area contributed by atoms with Gasteiger partial charge in [0.2, 0.25) is 0 Å². The monoisotopic (exact) mass is 443 g/mol. The van der Waals surface area contributed by atoms with Gasteiger partial charge in [-0.05, 0) is 64.1 Å². The third kappa shape index (κ3) is 5.55. The van der Waals surface area contributed by atoms with Gasteiger partial charge in [-0.1, -0.05) is 12.1 Å². The van der Waals surface area contributed by atoms with E-state index < -0.39 is 0 Å². The van der Waals surface area contributed by atoms with E-state index in [9.17, 15) is 9.59 Å². The lowest BCUT2D eigenvalue weighted by atomic mass is 9.94. The maximum absolute atomic E-state index is 12.9. The SMILES string of the molecule is CCOC(=O)N1CCC(N2CCCC(COc3ccccc3C(=O)N3CCCC3)C2)CC1. The van der Waals surface area contributed by atoms with Crippen LogP contribution in [-0.2, 0) is 4.74 Å². The van der Waals surface area contributed by atoms with E-state index in [1.807, 2.05) is 41.0 Å². The van der Waals surface area contributed by atoms with Crippen molar-refractivity contribution in [3.05, 3.63) is 29.8 Å². The molecule has 4 rings (SSSR count). The number of nitrogens with zero attached hydrogens (tertiary/aromatic N) is 3. The molecule has 1 unspecified atom stereocenters. The molecule has 2 amide bonds. The van der Waals surface area contributed by atoms with Crippen LogP contribution in [0.25, 0.3) is 0 Å². The molecule has 3 saturated heterocycles. The Balaban J connectivity index is 1.28. The zero-order valence-corrected chi connectivity index (χ0v) is 19.3. The smallest absolute Gasteiger partial charge is 0.409 e. The van der Waals surface area contributed by atoms with E-state index in [4.69, 9.17) is 9.47 Å². The van der Waals surface area contributed by atoms with Crippen LogP contribution in [0.15, 0.2) is 24.3 Å².